The summed E-state index contributed by atoms with van der Waals surface area (Å²) in [6, 6.07) is 0. The number of carbonyl (C=O) groups excluding carboxylic acids is 1. The minimum absolute atomic E-state index is 0.142. The van der Waals surface area contributed by atoms with Gasteiger partial charge in [-0.3, -0.25) is 4.79 Å². The Kier molecular flexibility index (Phi) is 36.7. The molecule has 0 amide bonds. The highest BCUT2D eigenvalue weighted by Crippen LogP contribution is 2.25. The second-order valence-electron chi connectivity index (χ2n) is 15.6. The van der Waals surface area contributed by atoms with E-state index in [0.717, 1.165) is 50.5 Å². The van der Waals surface area contributed by atoms with E-state index in [2.05, 4.69) is 39.7 Å². The van der Waals surface area contributed by atoms with Crippen LogP contribution in [0.25, 0.3) is 0 Å². The molecule has 0 saturated carbocycles. The number of allylic oxidation sites excluding steroid dienone is 1. The van der Waals surface area contributed by atoms with Crippen molar-refractivity contribution in [2.45, 2.75) is 232 Å². The monoisotopic (exact) mass is 678 g/mol. The molecule has 0 heterocycles. The lowest BCUT2D eigenvalue weighted by Crippen LogP contribution is -2.18. The molecule has 0 aromatic carbocycles. The average molecular weight is 678 g/mol. The van der Waals surface area contributed by atoms with Gasteiger partial charge in [-0.25, -0.2) is 0 Å². The molecule has 0 saturated heterocycles. The normalized spacial score (nSPS) is 13.4. The van der Waals surface area contributed by atoms with E-state index in [1.54, 1.807) is 0 Å². The zero-order chi connectivity index (χ0) is 35.3. The molecule has 0 rings (SSSR count). The number of carbonyl (C=O) groups is 1. The molecule has 0 aliphatic heterocycles. The van der Waals surface area contributed by atoms with Crippen molar-refractivity contribution in [2.24, 2.45) is 11.8 Å². The van der Waals surface area contributed by atoms with Gasteiger partial charge in [0.15, 0.2) is 0 Å². The quantitative estimate of drug-likeness (QED) is 0.0386. The maximum Gasteiger partial charge on any atom is 0.305 e. The van der Waals surface area contributed by atoms with Crippen LogP contribution in [0.3, 0.4) is 0 Å². The Labute approximate surface area is 301 Å². The predicted molar refractivity (Wildman–Crippen MR) is 212 cm³/mol. The minimum Gasteiger partial charge on any atom is -0.463 e. The maximum absolute atomic E-state index is 12.1. The summed E-state index contributed by atoms with van der Waals surface area (Å²) in [6.45, 7) is 12.7. The summed E-state index contributed by atoms with van der Waals surface area (Å²) >= 11 is 0. The van der Waals surface area contributed by atoms with Gasteiger partial charge in [0.05, 0.1) is 6.10 Å². The molecule has 4 nitrogen and oxygen atoms in total. The first-order valence-electron chi connectivity index (χ1n) is 21.6. The van der Waals surface area contributed by atoms with Crippen molar-refractivity contribution in [3.8, 4) is 0 Å². The standard InChI is InChI=1S/C44H87NO3/c1-6-8-10-14-21-29-40(3)36-37-41(4)30-22-16-12-17-23-31-42(33-25-20-28-38-45-5)32-24-18-13-19-27-35-44(47)48-39-43(46)34-26-15-11-9-7-2/h40,42-43,45-46H,4,6-39H2,1-3,5H3. The summed E-state index contributed by atoms with van der Waals surface area (Å²) in [5.74, 6) is 1.61. The molecular formula is C44H87NO3. The summed E-state index contributed by atoms with van der Waals surface area (Å²) < 4.78 is 5.32. The van der Waals surface area contributed by atoms with Gasteiger partial charge in [0, 0.05) is 6.42 Å². The van der Waals surface area contributed by atoms with Crippen LogP contribution in [0.5, 0.6) is 0 Å². The number of nitrogens with one attached hydrogen (secondary N) is 1. The molecule has 0 fully saturated rings. The van der Waals surface area contributed by atoms with E-state index in [9.17, 15) is 9.90 Å². The van der Waals surface area contributed by atoms with E-state index in [-0.39, 0.29) is 12.6 Å². The first kappa shape index (κ1) is 47.1. The van der Waals surface area contributed by atoms with Crippen LogP contribution in [0.15, 0.2) is 12.2 Å². The molecule has 2 N–H and O–H groups in total. The third kappa shape index (κ3) is 35.0. The number of esters is 1. The van der Waals surface area contributed by atoms with Gasteiger partial charge in [0.2, 0.25) is 0 Å². The molecule has 0 spiro atoms. The highest BCUT2D eigenvalue weighted by molar-refractivity contribution is 5.69. The van der Waals surface area contributed by atoms with Crippen molar-refractivity contribution in [3.63, 3.8) is 0 Å². The fraction of sp³-hybridized carbons (Fsp3) is 0.932. The van der Waals surface area contributed by atoms with Crippen LogP contribution >= 0.6 is 0 Å². The van der Waals surface area contributed by atoms with Crippen molar-refractivity contribution in [1.82, 2.24) is 5.32 Å². The van der Waals surface area contributed by atoms with E-state index in [1.165, 1.54) is 173 Å². The highest BCUT2D eigenvalue weighted by atomic mass is 16.5. The van der Waals surface area contributed by atoms with Gasteiger partial charge in [-0.2, -0.15) is 0 Å². The molecule has 0 radical (unpaired) electrons. The van der Waals surface area contributed by atoms with Crippen LogP contribution < -0.4 is 5.32 Å². The van der Waals surface area contributed by atoms with Crippen LogP contribution in [0.1, 0.15) is 226 Å². The Morgan fingerprint density at radius 3 is 1.60 bits per heavy atom. The van der Waals surface area contributed by atoms with E-state index in [1.807, 2.05) is 0 Å². The van der Waals surface area contributed by atoms with Crippen molar-refractivity contribution in [1.29, 1.82) is 0 Å². The number of hydrogen-bond acceptors (Lipinski definition) is 4. The molecule has 3 atom stereocenters. The molecule has 0 bridgehead atoms. The largest absolute Gasteiger partial charge is 0.463 e. The van der Waals surface area contributed by atoms with Crippen LogP contribution in [0, 0.1) is 11.8 Å². The number of ether oxygens (including phenoxy) is 1. The van der Waals surface area contributed by atoms with Crippen LogP contribution in [0.4, 0.5) is 0 Å². The first-order chi connectivity index (χ1) is 23.4. The molecule has 0 aliphatic rings. The van der Waals surface area contributed by atoms with Gasteiger partial charge in [0.25, 0.3) is 0 Å². The Bertz CT molecular complexity index is 630. The Morgan fingerprint density at radius 2 is 1.04 bits per heavy atom. The molecule has 48 heavy (non-hydrogen) atoms. The summed E-state index contributed by atoms with van der Waals surface area (Å²) in [5.41, 5.74) is 1.49. The van der Waals surface area contributed by atoms with Gasteiger partial charge in [0.1, 0.15) is 6.61 Å². The molecule has 4 heteroatoms. The van der Waals surface area contributed by atoms with E-state index in [4.69, 9.17) is 4.74 Å². The lowest BCUT2D eigenvalue weighted by molar-refractivity contribution is -0.146. The second kappa shape index (κ2) is 37.4. The molecule has 0 aromatic rings. The Morgan fingerprint density at radius 1 is 0.583 bits per heavy atom. The first-order valence-corrected chi connectivity index (χ1v) is 21.6. The van der Waals surface area contributed by atoms with Gasteiger partial charge in [-0.05, 0) is 70.4 Å². The van der Waals surface area contributed by atoms with Crippen molar-refractivity contribution < 1.29 is 14.6 Å². The van der Waals surface area contributed by atoms with E-state index >= 15 is 0 Å². The SMILES string of the molecule is C=C(CCCCCCCC(CCCCCCCC(=O)OCC(O)CCCCCCC)CCCCCNC)CCC(C)CCCCCCC. The average Bonchev–Trinajstić information content (AvgIpc) is 3.08. The molecule has 0 aliphatic carbocycles. The lowest BCUT2D eigenvalue weighted by atomic mass is 9.89. The van der Waals surface area contributed by atoms with Gasteiger partial charge < -0.3 is 15.2 Å². The highest BCUT2D eigenvalue weighted by Gasteiger charge is 2.11. The zero-order valence-corrected chi connectivity index (χ0v) is 33.2. The number of hydrogen-bond donors (Lipinski definition) is 2. The number of unbranched alkanes of at least 4 members (excludes halogenated alkanes) is 18. The molecule has 0 aromatic heterocycles. The number of aliphatic hydroxyl groups is 1. The number of rotatable bonds is 39. The third-order valence-corrected chi connectivity index (χ3v) is 10.5. The van der Waals surface area contributed by atoms with Crippen LogP contribution in [0.2, 0.25) is 0 Å². The summed E-state index contributed by atoms with van der Waals surface area (Å²) in [7, 11) is 2.06. The van der Waals surface area contributed by atoms with Crippen LogP contribution in [-0.4, -0.2) is 37.4 Å². The predicted octanol–water partition coefficient (Wildman–Crippen LogP) is 13.4. The van der Waals surface area contributed by atoms with Crippen molar-refractivity contribution in [2.75, 3.05) is 20.2 Å². The smallest absolute Gasteiger partial charge is 0.305 e. The van der Waals surface area contributed by atoms with E-state index in [0.29, 0.717) is 6.42 Å². The Balaban J connectivity index is 3.97. The summed E-state index contributed by atoms with van der Waals surface area (Å²) in [5, 5.41) is 13.4. The lowest BCUT2D eigenvalue weighted by Gasteiger charge is -2.17. The van der Waals surface area contributed by atoms with Gasteiger partial charge in [-0.15, -0.1) is 0 Å². The van der Waals surface area contributed by atoms with Crippen molar-refractivity contribution in [3.05, 3.63) is 12.2 Å². The molecule has 286 valence electrons. The zero-order valence-electron chi connectivity index (χ0n) is 33.2. The Hall–Kier alpha value is -0.870. The van der Waals surface area contributed by atoms with Gasteiger partial charge >= 0.3 is 5.97 Å². The third-order valence-electron chi connectivity index (χ3n) is 10.5. The topological polar surface area (TPSA) is 58.6 Å². The maximum atomic E-state index is 12.1. The van der Waals surface area contributed by atoms with Crippen LogP contribution in [-0.2, 0) is 9.53 Å². The van der Waals surface area contributed by atoms with Gasteiger partial charge in [-0.1, -0.05) is 187 Å². The molecule has 3 unspecified atom stereocenters. The van der Waals surface area contributed by atoms with E-state index < -0.39 is 6.10 Å². The summed E-state index contributed by atoms with van der Waals surface area (Å²) in [6.07, 6.45) is 39.8. The fourth-order valence-corrected chi connectivity index (χ4v) is 7.06. The second-order valence-corrected chi connectivity index (χ2v) is 15.6. The summed E-state index contributed by atoms with van der Waals surface area (Å²) in [4.78, 5) is 12.1. The van der Waals surface area contributed by atoms with Crippen molar-refractivity contribution >= 4 is 5.97 Å². The number of aliphatic hydroxyl groups excluding tert-OH is 1. The molecular weight excluding hydrogens is 590 g/mol. The fourth-order valence-electron chi connectivity index (χ4n) is 7.06. The minimum atomic E-state index is -0.504.